The van der Waals surface area contributed by atoms with Gasteiger partial charge in [-0.15, -0.1) is 0 Å². The molecule has 0 unspecified atom stereocenters. The molecule has 7 heteroatoms. The van der Waals surface area contributed by atoms with Crippen LogP contribution in [-0.4, -0.2) is 36.1 Å². The lowest BCUT2D eigenvalue weighted by Gasteiger charge is -2.08. The average Bonchev–Trinajstić information content (AvgIpc) is 3.34. The molecule has 7 nitrogen and oxygen atoms in total. The topological polar surface area (TPSA) is 108 Å². The van der Waals surface area contributed by atoms with Crippen molar-refractivity contribution in [2.75, 3.05) is 13.1 Å². The second-order valence-corrected chi connectivity index (χ2v) is 5.18. The fraction of sp³-hybridized carbons (Fsp3) is 0.400. The third kappa shape index (κ3) is 5.08. The minimum absolute atomic E-state index is 0.0562. The van der Waals surface area contributed by atoms with Gasteiger partial charge in [0.15, 0.2) is 0 Å². The van der Waals surface area contributed by atoms with E-state index in [1.54, 1.807) is 12.1 Å². The molecule has 0 aliphatic heterocycles. The maximum Gasteiger partial charge on any atom is 0.335 e. The van der Waals surface area contributed by atoms with E-state index in [1.807, 2.05) is 0 Å². The van der Waals surface area contributed by atoms with Gasteiger partial charge in [-0.3, -0.25) is 4.79 Å². The second-order valence-electron chi connectivity index (χ2n) is 5.18. The number of amides is 3. The van der Waals surface area contributed by atoms with Gasteiger partial charge in [-0.1, -0.05) is 12.1 Å². The van der Waals surface area contributed by atoms with Gasteiger partial charge in [0, 0.05) is 25.6 Å². The zero-order chi connectivity index (χ0) is 15.9. The van der Waals surface area contributed by atoms with Gasteiger partial charge >= 0.3 is 12.0 Å². The molecule has 22 heavy (non-hydrogen) atoms. The minimum Gasteiger partial charge on any atom is -0.478 e. The first-order valence-corrected chi connectivity index (χ1v) is 7.18. The fourth-order valence-electron chi connectivity index (χ4n) is 1.86. The van der Waals surface area contributed by atoms with E-state index in [0.717, 1.165) is 18.4 Å². The van der Waals surface area contributed by atoms with Gasteiger partial charge < -0.3 is 21.1 Å². The lowest BCUT2D eigenvalue weighted by molar-refractivity contribution is -0.122. The highest BCUT2D eigenvalue weighted by Gasteiger charge is 2.28. The standard InChI is InChI=1S/C15H19N3O4/c19-13(11-5-6-11)16-7-8-17-15(22)18-9-10-1-3-12(4-2-10)14(20)21/h1-4,11H,5-9H2,(H,16,19)(H,20,21)(H2,17,18,22). The van der Waals surface area contributed by atoms with Crippen molar-refractivity contribution in [3.63, 3.8) is 0 Å². The van der Waals surface area contributed by atoms with Crippen molar-refractivity contribution in [2.24, 2.45) is 5.92 Å². The van der Waals surface area contributed by atoms with Crippen LogP contribution in [0.2, 0.25) is 0 Å². The Hall–Kier alpha value is -2.57. The third-order valence-electron chi connectivity index (χ3n) is 3.31. The molecule has 3 amide bonds. The number of hydrogen-bond donors (Lipinski definition) is 4. The van der Waals surface area contributed by atoms with Crippen LogP contribution in [0.1, 0.15) is 28.8 Å². The molecule has 0 heterocycles. The van der Waals surface area contributed by atoms with Crippen LogP contribution < -0.4 is 16.0 Å². The summed E-state index contributed by atoms with van der Waals surface area (Å²) in [6.07, 6.45) is 1.92. The first-order valence-electron chi connectivity index (χ1n) is 7.18. The van der Waals surface area contributed by atoms with Gasteiger partial charge in [0.1, 0.15) is 0 Å². The summed E-state index contributed by atoms with van der Waals surface area (Å²) < 4.78 is 0. The summed E-state index contributed by atoms with van der Waals surface area (Å²) in [4.78, 5) is 33.6. The van der Waals surface area contributed by atoms with Crippen molar-refractivity contribution in [3.8, 4) is 0 Å². The summed E-state index contributed by atoms with van der Waals surface area (Å²) in [5.41, 5.74) is 1.02. The number of carbonyl (C=O) groups excluding carboxylic acids is 2. The number of aromatic carboxylic acids is 1. The Bertz CT molecular complexity index is 552. The molecule has 0 radical (unpaired) electrons. The van der Waals surface area contributed by atoms with Crippen LogP contribution in [-0.2, 0) is 11.3 Å². The van der Waals surface area contributed by atoms with E-state index in [-0.39, 0.29) is 23.4 Å². The normalized spacial score (nSPS) is 13.3. The molecule has 1 saturated carbocycles. The minimum atomic E-state index is -0.981. The number of carboxylic acid groups (broad SMARTS) is 1. The maximum absolute atomic E-state index is 11.6. The molecule has 0 atom stereocenters. The quantitative estimate of drug-likeness (QED) is 0.556. The molecule has 1 aromatic carbocycles. The van der Waals surface area contributed by atoms with Crippen molar-refractivity contribution in [1.29, 1.82) is 0 Å². The zero-order valence-electron chi connectivity index (χ0n) is 12.1. The molecule has 0 aromatic heterocycles. The van der Waals surface area contributed by atoms with Gasteiger partial charge in [0.05, 0.1) is 5.56 Å². The Balaban J connectivity index is 1.60. The molecule has 0 saturated heterocycles. The first kappa shape index (κ1) is 15.8. The van der Waals surface area contributed by atoms with Crippen LogP contribution in [0.3, 0.4) is 0 Å². The molecular formula is C15H19N3O4. The van der Waals surface area contributed by atoms with Crippen molar-refractivity contribution in [3.05, 3.63) is 35.4 Å². The van der Waals surface area contributed by atoms with E-state index in [4.69, 9.17) is 5.11 Å². The highest BCUT2D eigenvalue weighted by Crippen LogP contribution is 2.28. The summed E-state index contributed by atoms with van der Waals surface area (Å²) in [5, 5.41) is 16.8. The Kier molecular flexibility index (Phi) is 5.35. The Morgan fingerprint density at radius 1 is 1.00 bits per heavy atom. The summed E-state index contributed by atoms with van der Waals surface area (Å²) in [6.45, 7) is 1.08. The van der Waals surface area contributed by atoms with E-state index >= 15 is 0 Å². The molecule has 1 aliphatic carbocycles. The summed E-state index contributed by atoms with van der Waals surface area (Å²) in [7, 11) is 0. The SMILES string of the molecule is O=C(NCCNC(=O)C1CC1)NCc1ccc(C(=O)O)cc1. The molecule has 1 fully saturated rings. The van der Waals surface area contributed by atoms with Gasteiger partial charge in [0.25, 0.3) is 0 Å². The van der Waals surface area contributed by atoms with Crippen LogP contribution in [0.5, 0.6) is 0 Å². The molecule has 2 rings (SSSR count). The molecule has 1 aromatic rings. The summed E-state index contributed by atoms with van der Waals surface area (Å²) >= 11 is 0. The van der Waals surface area contributed by atoms with Crippen LogP contribution in [0.15, 0.2) is 24.3 Å². The molecule has 0 spiro atoms. The number of rotatable bonds is 7. The number of benzene rings is 1. The number of carboxylic acids is 1. The lowest BCUT2D eigenvalue weighted by Crippen LogP contribution is -2.40. The van der Waals surface area contributed by atoms with Crippen molar-refractivity contribution >= 4 is 17.9 Å². The number of carbonyl (C=O) groups is 3. The number of nitrogens with one attached hydrogen (secondary N) is 3. The van der Waals surface area contributed by atoms with Crippen molar-refractivity contribution < 1.29 is 19.5 Å². The van der Waals surface area contributed by atoms with E-state index in [1.165, 1.54) is 12.1 Å². The van der Waals surface area contributed by atoms with E-state index < -0.39 is 5.97 Å². The van der Waals surface area contributed by atoms with Crippen molar-refractivity contribution in [2.45, 2.75) is 19.4 Å². The van der Waals surface area contributed by atoms with Crippen LogP contribution in [0.4, 0.5) is 4.79 Å². The predicted molar refractivity (Wildman–Crippen MR) is 79.4 cm³/mol. The first-order chi connectivity index (χ1) is 10.6. The molecule has 1 aliphatic rings. The Morgan fingerprint density at radius 3 is 2.23 bits per heavy atom. The lowest BCUT2D eigenvalue weighted by atomic mass is 10.1. The Morgan fingerprint density at radius 2 is 1.64 bits per heavy atom. The summed E-state index contributed by atoms with van der Waals surface area (Å²) in [5.74, 6) is -0.756. The molecule has 118 valence electrons. The van der Waals surface area contributed by atoms with Crippen LogP contribution in [0.25, 0.3) is 0 Å². The van der Waals surface area contributed by atoms with Gasteiger partial charge in [-0.25, -0.2) is 9.59 Å². The number of urea groups is 1. The van der Waals surface area contributed by atoms with Crippen LogP contribution >= 0.6 is 0 Å². The number of hydrogen-bond acceptors (Lipinski definition) is 3. The second kappa shape index (κ2) is 7.44. The monoisotopic (exact) mass is 305 g/mol. The third-order valence-corrected chi connectivity index (χ3v) is 3.31. The van der Waals surface area contributed by atoms with Crippen LogP contribution in [0, 0.1) is 5.92 Å². The van der Waals surface area contributed by atoms with Gasteiger partial charge in [-0.2, -0.15) is 0 Å². The van der Waals surface area contributed by atoms with E-state index in [9.17, 15) is 14.4 Å². The maximum atomic E-state index is 11.6. The van der Waals surface area contributed by atoms with E-state index in [0.29, 0.717) is 19.6 Å². The molecular weight excluding hydrogens is 286 g/mol. The van der Waals surface area contributed by atoms with Crippen molar-refractivity contribution in [1.82, 2.24) is 16.0 Å². The highest BCUT2D eigenvalue weighted by molar-refractivity contribution is 5.87. The fourth-order valence-corrected chi connectivity index (χ4v) is 1.86. The Labute approximate surface area is 128 Å². The average molecular weight is 305 g/mol. The molecule has 4 N–H and O–H groups in total. The molecule has 0 bridgehead atoms. The predicted octanol–water partition coefficient (Wildman–Crippen LogP) is 0.710. The highest BCUT2D eigenvalue weighted by atomic mass is 16.4. The smallest absolute Gasteiger partial charge is 0.335 e. The van der Waals surface area contributed by atoms with E-state index in [2.05, 4.69) is 16.0 Å². The zero-order valence-corrected chi connectivity index (χ0v) is 12.1. The summed E-state index contributed by atoms with van der Waals surface area (Å²) in [6, 6.07) is 5.96. The van der Waals surface area contributed by atoms with Gasteiger partial charge in [-0.05, 0) is 30.5 Å². The largest absolute Gasteiger partial charge is 0.478 e. The van der Waals surface area contributed by atoms with Gasteiger partial charge in [0.2, 0.25) is 5.91 Å².